The van der Waals surface area contributed by atoms with Gasteiger partial charge in [0.15, 0.2) is 0 Å². The van der Waals surface area contributed by atoms with E-state index in [-0.39, 0.29) is 6.04 Å². The number of aryl methyl sites for hydroxylation is 1. The Labute approximate surface area is 108 Å². The van der Waals surface area contributed by atoms with Crippen LogP contribution in [0.3, 0.4) is 0 Å². The van der Waals surface area contributed by atoms with Crippen molar-refractivity contribution >= 4 is 10.8 Å². The number of aliphatic hydroxyl groups is 1. The molecule has 2 rings (SSSR count). The number of fused-ring (bicyclic) bond motifs is 1. The van der Waals surface area contributed by atoms with Crippen LogP contribution in [-0.2, 0) is 0 Å². The fourth-order valence-electron chi connectivity index (χ4n) is 2.45. The van der Waals surface area contributed by atoms with Crippen molar-refractivity contribution in [3.8, 4) is 0 Å². The van der Waals surface area contributed by atoms with Gasteiger partial charge in [-0.1, -0.05) is 49.7 Å². The van der Waals surface area contributed by atoms with Crippen LogP contribution in [0.15, 0.2) is 36.4 Å². The summed E-state index contributed by atoms with van der Waals surface area (Å²) in [5.41, 5.74) is 8.47. The highest BCUT2D eigenvalue weighted by Gasteiger charge is 2.18. The maximum atomic E-state index is 10.1. The zero-order chi connectivity index (χ0) is 13.1. The SMILES string of the molecule is CCC[C@@H](O)[C@@H](N)c1ccc(C)c2ccccc12. The van der Waals surface area contributed by atoms with E-state index in [1.165, 1.54) is 10.9 Å². The quantitative estimate of drug-likeness (QED) is 0.865. The number of rotatable bonds is 4. The van der Waals surface area contributed by atoms with Crippen molar-refractivity contribution in [2.45, 2.75) is 38.8 Å². The smallest absolute Gasteiger partial charge is 0.0732 e. The Balaban J connectivity index is 2.48. The molecule has 96 valence electrons. The summed E-state index contributed by atoms with van der Waals surface area (Å²) in [6.45, 7) is 4.16. The Morgan fingerprint density at radius 2 is 1.78 bits per heavy atom. The van der Waals surface area contributed by atoms with Gasteiger partial charge in [0.2, 0.25) is 0 Å². The van der Waals surface area contributed by atoms with Gasteiger partial charge >= 0.3 is 0 Å². The van der Waals surface area contributed by atoms with E-state index in [0.29, 0.717) is 0 Å². The second-order valence-electron chi connectivity index (χ2n) is 4.90. The molecule has 2 aromatic rings. The van der Waals surface area contributed by atoms with Crippen molar-refractivity contribution in [3.05, 3.63) is 47.5 Å². The zero-order valence-electron chi connectivity index (χ0n) is 11.1. The lowest BCUT2D eigenvalue weighted by Crippen LogP contribution is -2.26. The second-order valence-corrected chi connectivity index (χ2v) is 4.90. The summed E-state index contributed by atoms with van der Waals surface area (Å²) < 4.78 is 0. The third kappa shape index (κ3) is 2.40. The molecule has 0 radical (unpaired) electrons. The Morgan fingerprint density at radius 3 is 2.44 bits per heavy atom. The topological polar surface area (TPSA) is 46.2 Å². The van der Waals surface area contributed by atoms with Crippen LogP contribution in [-0.4, -0.2) is 11.2 Å². The molecule has 0 amide bonds. The first kappa shape index (κ1) is 13.1. The lowest BCUT2D eigenvalue weighted by Gasteiger charge is -2.21. The average molecular weight is 243 g/mol. The van der Waals surface area contributed by atoms with Crippen LogP contribution in [0.2, 0.25) is 0 Å². The summed E-state index contributed by atoms with van der Waals surface area (Å²) in [5.74, 6) is 0. The van der Waals surface area contributed by atoms with Crippen LogP contribution in [0, 0.1) is 6.92 Å². The highest BCUT2D eigenvalue weighted by Crippen LogP contribution is 2.28. The van der Waals surface area contributed by atoms with Crippen molar-refractivity contribution < 1.29 is 5.11 Å². The molecule has 0 aromatic heterocycles. The lowest BCUT2D eigenvalue weighted by molar-refractivity contribution is 0.135. The van der Waals surface area contributed by atoms with E-state index < -0.39 is 6.10 Å². The standard InChI is InChI=1S/C16H21NO/c1-3-6-15(18)16(17)14-10-9-11(2)12-7-4-5-8-13(12)14/h4-5,7-10,15-16,18H,3,6,17H2,1-2H3/t15-,16+/m1/s1. The molecule has 3 N–H and O–H groups in total. The Kier molecular flexibility index (Phi) is 4.00. The number of hydrogen-bond acceptors (Lipinski definition) is 2. The van der Waals surface area contributed by atoms with Gasteiger partial charge in [0.1, 0.15) is 0 Å². The molecule has 0 saturated carbocycles. The predicted octanol–water partition coefficient (Wildman–Crippen LogP) is 3.31. The van der Waals surface area contributed by atoms with Gasteiger partial charge in [-0.15, -0.1) is 0 Å². The number of nitrogens with two attached hydrogens (primary N) is 1. The van der Waals surface area contributed by atoms with E-state index in [9.17, 15) is 5.11 Å². The van der Waals surface area contributed by atoms with Crippen LogP contribution >= 0.6 is 0 Å². The minimum Gasteiger partial charge on any atom is -0.391 e. The van der Waals surface area contributed by atoms with Crippen molar-refractivity contribution in [3.63, 3.8) is 0 Å². The molecule has 0 heterocycles. The first-order chi connectivity index (χ1) is 8.65. The fraction of sp³-hybridized carbons (Fsp3) is 0.375. The lowest BCUT2D eigenvalue weighted by atomic mass is 9.92. The molecule has 0 aliphatic rings. The predicted molar refractivity (Wildman–Crippen MR) is 76.5 cm³/mol. The molecular weight excluding hydrogens is 222 g/mol. The summed E-state index contributed by atoms with van der Waals surface area (Å²) in [6, 6.07) is 12.0. The fourth-order valence-corrected chi connectivity index (χ4v) is 2.45. The Hall–Kier alpha value is -1.38. The molecular formula is C16H21NO. The number of hydrogen-bond donors (Lipinski definition) is 2. The summed E-state index contributed by atoms with van der Waals surface area (Å²) in [7, 11) is 0. The molecule has 0 fully saturated rings. The maximum absolute atomic E-state index is 10.1. The molecule has 2 heteroatoms. The van der Waals surface area contributed by atoms with Crippen molar-refractivity contribution in [1.29, 1.82) is 0 Å². The molecule has 0 bridgehead atoms. The van der Waals surface area contributed by atoms with Gasteiger partial charge in [0.05, 0.1) is 12.1 Å². The van der Waals surface area contributed by atoms with E-state index in [0.717, 1.165) is 23.8 Å². The molecule has 2 atom stereocenters. The van der Waals surface area contributed by atoms with E-state index in [1.54, 1.807) is 0 Å². The van der Waals surface area contributed by atoms with Gasteiger partial charge < -0.3 is 10.8 Å². The van der Waals surface area contributed by atoms with E-state index in [4.69, 9.17) is 5.73 Å². The van der Waals surface area contributed by atoms with Gasteiger partial charge in [0.25, 0.3) is 0 Å². The highest BCUT2D eigenvalue weighted by molar-refractivity contribution is 5.88. The molecule has 2 aromatic carbocycles. The van der Waals surface area contributed by atoms with Crippen LogP contribution < -0.4 is 5.73 Å². The molecule has 0 aliphatic heterocycles. The largest absolute Gasteiger partial charge is 0.391 e. The Morgan fingerprint density at radius 1 is 1.11 bits per heavy atom. The van der Waals surface area contributed by atoms with Crippen LogP contribution in [0.25, 0.3) is 10.8 Å². The summed E-state index contributed by atoms with van der Waals surface area (Å²) in [5, 5.41) is 12.4. The molecule has 2 nitrogen and oxygen atoms in total. The maximum Gasteiger partial charge on any atom is 0.0732 e. The minimum absolute atomic E-state index is 0.310. The summed E-state index contributed by atoms with van der Waals surface area (Å²) in [6.07, 6.45) is 1.21. The van der Waals surface area contributed by atoms with Gasteiger partial charge in [-0.05, 0) is 35.2 Å². The molecule has 0 saturated heterocycles. The third-order valence-corrected chi connectivity index (χ3v) is 3.53. The molecule has 0 spiro atoms. The van der Waals surface area contributed by atoms with E-state index >= 15 is 0 Å². The molecule has 18 heavy (non-hydrogen) atoms. The van der Waals surface area contributed by atoms with Crippen molar-refractivity contribution in [2.75, 3.05) is 0 Å². The number of benzene rings is 2. The monoisotopic (exact) mass is 243 g/mol. The van der Waals surface area contributed by atoms with Gasteiger partial charge in [-0.2, -0.15) is 0 Å². The highest BCUT2D eigenvalue weighted by atomic mass is 16.3. The first-order valence-electron chi connectivity index (χ1n) is 6.57. The number of aliphatic hydroxyl groups excluding tert-OH is 1. The van der Waals surface area contributed by atoms with Crippen molar-refractivity contribution in [2.24, 2.45) is 5.73 Å². The van der Waals surface area contributed by atoms with Crippen LogP contribution in [0.1, 0.15) is 36.9 Å². The minimum atomic E-state index is -0.471. The van der Waals surface area contributed by atoms with Crippen LogP contribution in [0.4, 0.5) is 0 Å². The van der Waals surface area contributed by atoms with E-state index in [2.05, 4.69) is 32.0 Å². The molecule has 0 unspecified atom stereocenters. The van der Waals surface area contributed by atoms with Crippen molar-refractivity contribution in [1.82, 2.24) is 0 Å². The summed E-state index contributed by atoms with van der Waals surface area (Å²) in [4.78, 5) is 0. The van der Waals surface area contributed by atoms with Crippen LogP contribution in [0.5, 0.6) is 0 Å². The Bertz CT molecular complexity index is 536. The van der Waals surface area contributed by atoms with Gasteiger partial charge in [0, 0.05) is 0 Å². The summed E-state index contributed by atoms with van der Waals surface area (Å²) >= 11 is 0. The van der Waals surface area contributed by atoms with E-state index in [1.807, 2.05) is 18.2 Å². The third-order valence-electron chi connectivity index (χ3n) is 3.53. The van der Waals surface area contributed by atoms with Gasteiger partial charge in [-0.3, -0.25) is 0 Å². The van der Waals surface area contributed by atoms with Gasteiger partial charge in [-0.25, -0.2) is 0 Å². The zero-order valence-corrected chi connectivity index (χ0v) is 11.1. The molecule has 0 aliphatic carbocycles. The average Bonchev–Trinajstić information content (AvgIpc) is 2.39. The first-order valence-corrected chi connectivity index (χ1v) is 6.57. The normalized spacial score (nSPS) is 14.7. The second kappa shape index (κ2) is 5.51.